The Bertz CT molecular complexity index is 1050. The minimum atomic E-state index is -0.213. The molecule has 6 heteroatoms. The minimum absolute atomic E-state index is 0.0790. The molecule has 0 spiro atoms. The standard InChI is InChI=1S/C25H28OS.C4H10O3S/c1-17-18(2)24(19(3)22(23(17)26)25(4,5)6)27(20-13-9-7-10-14-20)21-15-11-8-12-16-21;1-4(2,3)8-7-6-5/h7-16H,1-6H3;5H,1-3H3. The Balaban J connectivity index is 0.000000466. The molecule has 0 fully saturated rings. The van der Waals surface area contributed by atoms with Crippen LogP contribution in [0.4, 0.5) is 0 Å². The van der Waals surface area contributed by atoms with E-state index in [1.165, 1.54) is 25.8 Å². The Morgan fingerprint density at radius 2 is 1.20 bits per heavy atom. The molecule has 3 rings (SSSR count). The van der Waals surface area contributed by atoms with Crippen molar-refractivity contribution in [2.24, 2.45) is 0 Å². The highest BCUT2D eigenvalue weighted by atomic mass is 32.2. The number of hydrogen-bond acceptors (Lipinski definition) is 5. The highest BCUT2D eigenvalue weighted by Gasteiger charge is 2.37. The van der Waals surface area contributed by atoms with Gasteiger partial charge in [-0.25, -0.2) is 0 Å². The molecule has 0 saturated heterocycles. The van der Waals surface area contributed by atoms with E-state index in [4.69, 9.17) is 0 Å². The van der Waals surface area contributed by atoms with Crippen LogP contribution in [0.3, 0.4) is 0 Å². The van der Waals surface area contributed by atoms with Crippen LogP contribution in [0.15, 0.2) is 75.4 Å². The van der Waals surface area contributed by atoms with Gasteiger partial charge in [0.2, 0.25) is 0 Å². The lowest BCUT2D eigenvalue weighted by Gasteiger charge is -2.27. The molecule has 0 aromatic heterocycles. The van der Waals surface area contributed by atoms with Crippen LogP contribution < -0.4 is 5.26 Å². The van der Waals surface area contributed by atoms with E-state index in [1.54, 1.807) is 0 Å². The molecule has 35 heavy (non-hydrogen) atoms. The smallest absolute Gasteiger partial charge is 0.173 e. The second-order valence-corrected chi connectivity index (χ2v) is 13.9. The summed E-state index contributed by atoms with van der Waals surface area (Å²) in [5.41, 5.74) is 4.33. The summed E-state index contributed by atoms with van der Waals surface area (Å²) in [6, 6.07) is 21.4. The lowest BCUT2D eigenvalue weighted by Crippen LogP contribution is -2.18. The summed E-state index contributed by atoms with van der Waals surface area (Å²) in [4.78, 5) is 3.95. The molecule has 4 nitrogen and oxygen atoms in total. The Hall–Kier alpha value is -1.96. The Labute approximate surface area is 218 Å². The van der Waals surface area contributed by atoms with E-state index >= 15 is 0 Å². The average molecular weight is 515 g/mol. The van der Waals surface area contributed by atoms with Gasteiger partial charge >= 0.3 is 0 Å². The van der Waals surface area contributed by atoms with Crippen LogP contribution in [-0.4, -0.2) is 9.85 Å². The molecule has 1 N–H and O–H groups in total. The molecule has 3 aromatic rings. The molecule has 0 amide bonds. The van der Waals surface area contributed by atoms with Gasteiger partial charge in [-0.15, -0.1) is 0 Å². The number of benzene rings is 3. The third-order valence-electron chi connectivity index (χ3n) is 5.43. The first-order valence-electron chi connectivity index (χ1n) is 11.6. The number of aromatic hydroxyl groups is 1. The largest absolute Gasteiger partial charge is 0.691 e. The van der Waals surface area contributed by atoms with E-state index in [9.17, 15) is 10.4 Å². The van der Waals surface area contributed by atoms with E-state index in [-0.39, 0.29) is 21.1 Å². The molecular formula is C29H38O4S2. The maximum absolute atomic E-state index is 10.9. The molecule has 0 radical (unpaired) electrons. The maximum atomic E-state index is 10.9. The average Bonchev–Trinajstić information content (AvgIpc) is 2.79. The van der Waals surface area contributed by atoms with Gasteiger partial charge in [0.1, 0.15) is 5.75 Å². The molecule has 0 aliphatic rings. The summed E-state index contributed by atoms with van der Waals surface area (Å²) in [5.74, 6) is 0.450. The molecular weight excluding hydrogens is 476 g/mol. The van der Waals surface area contributed by atoms with E-state index in [1.807, 2.05) is 27.7 Å². The van der Waals surface area contributed by atoms with Crippen molar-refractivity contribution in [2.75, 3.05) is 0 Å². The van der Waals surface area contributed by atoms with Crippen molar-refractivity contribution >= 4 is 22.9 Å². The van der Waals surface area contributed by atoms with Crippen LogP contribution >= 0.6 is 12.0 Å². The zero-order valence-electron chi connectivity index (χ0n) is 22.3. The number of rotatable bonds is 5. The maximum Gasteiger partial charge on any atom is 0.173 e. The zero-order chi connectivity index (χ0) is 26.4. The highest BCUT2D eigenvalue weighted by Crippen LogP contribution is 2.45. The Kier molecular flexibility index (Phi) is 10.3. The van der Waals surface area contributed by atoms with Gasteiger partial charge in [-0.2, -0.15) is 4.33 Å². The zero-order valence-corrected chi connectivity index (χ0v) is 23.9. The van der Waals surface area contributed by atoms with E-state index in [0.717, 1.165) is 23.2 Å². The van der Waals surface area contributed by atoms with E-state index in [2.05, 4.69) is 105 Å². The van der Waals surface area contributed by atoms with Crippen LogP contribution in [-0.2, 0) is 25.7 Å². The summed E-state index contributed by atoms with van der Waals surface area (Å²) >= 11 is 0.999. The van der Waals surface area contributed by atoms with Crippen LogP contribution in [0.5, 0.6) is 5.75 Å². The first kappa shape index (κ1) is 29.3. The summed E-state index contributed by atoms with van der Waals surface area (Å²) in [7, 11) is -0.213. The molecule has 0 bridgehead atoms. The monoisotopic (exact) mass is 514 g/mol. The van der Waals surface area contributed by atoms with Crippen molar-refractivity contribution in [3.8, 4) is 5.75 Å². The van der Waals surface area contributed by atoms with E-state index < -0.39 is 0 Å². The van der Waals surface area contributed by atoms with Crippen molar-refractivity contribution in [3.05, 3.63) is 82.9 Å². The van der Waals surface area contributed by atoms with Gasteiger partial charge in [-0.05, 0) is 76.8 Å². The van der Waals surface area contributed by atoms with Crippen LogP contribution in [0.25, 0.3) is 0 Å². The summed E-state index contributed by atoms with van der Waals surface area (Å²) in [6.07, 6.45) is 0. The van der Waals surface area contributed by atoms with Crippen molar-refractivity contribution < 1.29 is 19.7 Å². The van der Waals surface area contributed by atoms with Crippen molar-refractivity contribution in [1.82, 2.24) is 0 Å². The predicted molar refractivity (Wildman–Crippen MR) is 146 cm³/mol. The van der Waals surface area contributed by atoms with Gasteiger partial charge in [0.15, 0.2) is 14.7 Å². The second-order valence-electron chi connectivity index (χ2n) is 10.4. The van der Waals surface area contributed by atoms with Gasteiger partial charge in [0.05, 0.1) is 10.9 Å². The molecule has 0 aliphatic carbocycles. The summed E-state index contributed by atoms with van der Waals surface area (Å²) in [5, 5.41) is 23.3. The van der Waals surface area contributed by atoms with Crippen molar-refractivity contribution in [1.29, 1.82) is 0 Å². The summed E-state index contributed by atoms with van der Waals surface area (Å²) < 4.78 is 3.98. The molecule has 0 atom stereocenters. The Morgan fingerprint density at radius 1 is 0.743 bits per heavy atom. The number of hydrogen-bond donors (Lipinski definition) is 1. The van der Waals surface area contributed by atoms with Gasteiger partial charge in [-0.1, -0.05) is 57.2 Å². The third kappa shape index (κ3) is 7.76. The second kappa shape index (κ2) is 12.3. The lowest BCUT2D eigenvalue weighted by atomic mass is 9.81. The lowest BCUT2D eigenvalue weighted by molar-refractivity contribution is -0.777. The predicted octanol–water partition coefficient (Wildman–Crippen LogP) is 7.37. The van der Waals surface area contributed by atoms with E-state index in [0.29, 0.717) is 5.75 Å². The van der Waals surface area contributed by atoms with Crippen molar-refractivity contribution in [2.45, 2.75) is 87.2 Å². The summed E-state index contributed by atoms with van der Waals surface area (Å²) in [6.45, 7) is 18.6. The fourth-order valence-electron chi connectivity index (χ4n) is 3.93. The molecule has 0 aliphatic heterocycles. The first-order chi connectivity index (χ1) is 16.3. The highest BCUT2D eigenvalue weighted by molar-refractivity contribution is 7.97. The molecule has 3 aromatic carbocycles. The Morgan fingerprint density at radius 3 is 1.54 bits per heavy atom. The van der Waals surface area contributed by atoms with Crippen LogP contribution in [0.1, 0.15) is 63.8 Å². The van der Waals surface area contributed by atoms with Gasteiger partial charge in [-0.3, -0.25) is 5.04 Å². The number of phenols is 1. The van der Waals surface area contributed by atoms with Gasteiger partial charge in [0, 0.05) is 33.5 Å². The van der Waals surface area contributed by atoms with Crippen LogP contribution in [0, 0.1) is 20.8 Å². The molecule has 0 saturated carbocycles. The van der Waals surface area contributed by atoms with Crippen LogP contribution in [0.2, 0.25) is 0 Å². The fourth-order valence-corrected chi connectivity index (χ4v) is 6.63. The molecule has 190 valence electrons. The number of phenolic OH excluding ortho intramolecular Hbond substituents is 1. The third-order valence-corrected chi connectivity index (χ3v) is 8.57. The van der Waals surface area contributed by atoms with Gasteiger partial charge < -0.3 is 10.4 Å². The normalized spacial score (nSPS) is 11.9. The molecule has 0 heterocycles. The van der Waals surface area contributed by atoms with Crippen molar-refractivity contribution in [3.63, 3.8) is 0 Å². The first-order valence-corrected chi connectivity index (χ1v) is 13.6. The fraction of sp³-hybridized carbons (Fsp3) is 0.379. The minimum Gasteiger partial charge on any atom is -0.691 e. The van der Waals surface area contributed by atoms with Gasteiger partial charge in [0.25, 0.3) is 0 Å². The SMILES string of the molecule is CC(C)(C)SOO[O-].Cc1c(C)c([S+](c2ccccc2)c2ccccc2)c(C)c(C(C)(C)C)c1O. The molecule has 0 unspecified atom stereocenters. The topological polar surface area (TPSA) is 61.8 Å². The quantitative estimate of drug-likeness (QED) is 0.167.